The Kier molecular flexibility index (Phi) is 3.43. The van der Waals surface area contributed by atoms with Gasteiger partial charge in [0.1, 0.15) is 10.6 Å². The highest BCUT2D eigenvalue weighted by Gasteiger charge is 2.21. The number of hydrogen-bond acceptors (Lipinski definition) is 6. The number of nitrogens with zero attached hydrogens (tertiary/aromatic N) is 3. The summed E-state index contributed by atoms with van der Waals surface area (Å²) in [5.41, 5.74) is 1.00. The number of rotatable bonds is 4. The molecule has 0 saturated carbocycles. The van der Waals surface area contributed by atoms with Crippen molar-refractivity contribution in [1.29, 1.82) is 0 Å². The van der Waals surface area contributed by atoms with E-state index >= 15 is 0 Å². The lowest BCUT2D eigenvalue weighted by atomic mass is 10.1. The zero-order valence-electron chi connectivity index (χ0n) is 9.51. The van der Waals surface area contributed by atoms with Crippen molar-refractivity contribution in [3.05, 3.63) is 34.6 Å². The molecule has 88 valence electrons. The summed E-state index contributed by atoms with van der Waals surface area (Å²) in [7, 11) is 1.51. The molecule has 0 aliphatic carbocycles. The summed E-state index contributed by atoms with van der Waals surface area (Å²) in [6, 6.07) is 3.43. The highest BCUT2D eigenvalue weighted by molar-refractivity contribution is 7.08. The van der Waals surface area contributed by atoms with Crippen LogP contribution >= 0.6 is 11.5 Å². The molecule has 2 rings (SSSR count). The molecule has 0 fully saturated rings. The predicted octanol–water partition coefficient (Wildman–Crippen LogP) is 1.74. The standard InChI is InChI=1S/C11H11N3O2S/c1-3-7-11(17-14-13-7)10(15)9-8(16-2)5-4-6-12-9/h4-6H,3H2,1-2H3. The van der Waals surface area contributed by atoms with E-state index in [1.807, 2.05) is 6.92 Å². The van der Waals surface area contributed by atoms with E-state index in [4.69, 9.17) is 4.74 Å². The maximum atomic E-state index is 12.3. The zero-order valence-corrected chi connectivity index (χ0v) is 10.3. The number of carbonyl (C=O) groups excluding carboxylic acids is 1. The molecule has 0 atom stereocenters. The monoisotopic (exact) mass is 249 g/mol. The molecule has 2 aromatic heterocycles. The Morgan fingerprint density at radius 3 is 3.06 bits per heavy atom. The van der Waals surface area contributed by atoms with Crippen molar-refractivity contribution >= 4 is 17.3 Å². The lowest BCUT2D eigenvalue weighted by Crippen LogP contribution is -2.07. The second-order valence-corrected chi connectivity index (χ2v) is 4.04. The van der Waals surface area contributed by atoms with Crippen LogP contribution in [0.25, 0.3) is 0 Å². The number of pyridine rings is 1. The second-order valence-electron chi connectivity index (χ2n) is 3.29. The van der Waals surface area contributed by atoms with E-state index in [9.17, 15) is 4.79 Å². The Hall–Kier alpha value is -1.82. The van der Waals surface area contributed by atoms with Crippen molar-refractivity contribution in [3.8, 4) is 5.75 Å². The van der Waals surface area contributed by atoms with Crippen molar-refractivity contribution in [1.82, 2.24) is 14.6 Å². The molecule has 6 heteroatoms. The van der Waals surface area contributed by atoms with Crippen molar-refractivity contribution in [2.75, 3.05) is 7.11 Å². The SMILES string of the molecule is CCc1nnsc1C(=O)c1ncccc1OC. The van der Waals surface area contributed by atoms with Gasteiger partial charge in [-0.2, -0.15) is 0 Å². The Bertz CT molecular complexity index is 539. The van der Waals surface area contributed by atoms with Crippen LogP contribution in [0, 0.1) is 0 Å². The van der Waals surface area contributed by atoms with Gasteiger partial charge in [0.2, 0.25) is 5.78 Å². The average molecular weight is 249 g/mol. The molecule has 0 bridgehead atoms. The fraction of sp³-hybridized carbons (Fsp3) is 0.273. The summed E-state index contributed by atoms with van der Waals surface area (Å²) in [6.45, 7) is 1.93. The Morgan fingerprint density at radius 2 is 2.35 bits per heavy atom. The molecule has 0 aliphatic rings. The van der Waals surface area contributed by atoms with Gasteiger partial charge in [0.25, 0.3) is 0 Å². The molecule has 0 N–H and O–H groups in total. The minimum absolute atomic E-state index is 0.186. The first-order valence-corrected chi connectivity index (χ1v) is 5.90. The number of aryl methyl sites for hydroxylation is 1. The van der Waals surface area contributed by atoms with Gasteiger partial charge in [-0.1, -0.05) is 11.4 Å². The zero-order chi connectivity index (χ0) is 12.3. The number of hydrogen-bond donors (Lipinski definition) is 0. The van der Waals surface area contributed by atoms with Gasteiger partial charge in [0.15, 0.2) is 5.69 Å². The molecule has 2 aromatic rings. The smallest absolute Gasteiger partial charge is 0.228 e. The summed E-state index contributed by atoms with van der Waals surface area (Å²) >= 11 is 1.09. The molecule has 0 aliphatic heterocycles. The van der Waals surface area contributed by atoms with Crippen LogP contribution in [0.2, 0.25) is 0 Å². The van der Waals surface area contributed by atoms with E-state index < -0.39 is 0 Å². The van der Waals surface area contributed by atoms with E-state index in [1.165, 1.54) is 7.11 Å². The van der Waals surface area contributed by atoms with Crippen LogP contribution in [0.15, 0.2) is 18.3 Å². The summed E-state index contributed by atoms with van der Waals surface area (Å²) < 4.78 is 8.92. The molecule has 17 heavy (non-hydrogen) atoms. The number of methoxy groups -OCH3 is 1. The third-order valence-electron chi connectivity index (χ3n) is 2.30. The van der Waals surface area contributed by atoms with Crippen LogP contribution in [-0.2, 0) is 6.42 Å². The van der Waals surface area contributed by atoms with E-state index in [0.29, 0.717) is 28.4 Å². The van der Waals surface area contributed by atoms with Gasteiger partial charge in [-0.3, -0.25) is 4.79 Å². The minimum Gasteiger partial charge on any atom is -0.494 e. The van der Waals surface area contributed by atoms with E-state index in [0.717, 1.165) is 11.5 Å². The van der Waals surface area contributed by atoms with Crippen molar-refractivity contribution in [2.24, 2.45) is 0 Å². The first-order valence-electron chi connectivity index (χ1n) is 5.12. The van der Waals surface area contributed by atoms with Crippen LogP contribution in [0.5, 0.6) is 5.75 Å². The fourth-order valence-electron chi connectivity index (χ4n) is 1.45. The van der Waals surface area contributed by atoms with Crippen molar-refractivity contribution < 1.29 is 9.53 Å². The molecule has 0 amide bonds. The van der Waals surface area contributed by atoms with Crippen molar-refractivity contribution in [3.63, 3.8) is 0 Å². The largest absolute Gasteiger partial charge is 0.494 e. The van der Waals surface area contributed by atoms with Gasteiger partial charge in [-0.15, -0.1) is 5.10 Å². The summed E-state index contributed by atoms with van der Waals surface area (Å²) in [4.78, 5) is 16.8. The first-order chi connectivity index (χ1) is 8.27. The minimum atomic E-state index is -0.186. The van der Waals surface area contributed by atoms with Crippen LogP contribution < -0.4 is 4.74 Å². The van der Waals surface area contributed by atoms with Gasteiger partial charge in [0.05, 0.1) is 12.8 Å². The topological polar surface area (TPSA) is 65.0 Å². The first kappa shape index (κ1) is 11.7. The molecule has 0 spiro atoms. The fourth-order valence-corrected chi connectivity index (χ4v) is 2.14. The number of carbonyl (C=O) groups is 1. The summed E-state index contributed by atoms with van der Waals surface area (Å²) in [6.07, 6.45) is 2.24. The van der Waals surface area contributed by atoms with Crippen LogP contribution in [0.1, 0.15) is 28.0 Å². The Labute approximate surface area is 103 Å². The molecule has 2 heterocycles. The number of ketones is 1. The van der Waals surface area contributed by atoms with E-state index in [2.05, 4.69) is 14.6 Å². The molecular formula is C11H11N3O2S. The second kappa shape index (κ2) is 5.01. The molecule has 5 nitrogen and oxygen atoms in total. The summed E-state index contributed by atoms with van der Waals surface area (Å²) in [5, 5.41) is 3.92. The number of aromatic nitrogens is 3. The summed E-state index contributed by atoms with van der Waals surface area (Å²) in [5.74, 6) is 0.280. The van der Waals surface area contributed by atoms with Gasteiger partial charge < -0.3 is 4.74 Å². The maximum absolute atomic E-state index is 12.3. The van der Waals surface area contributed by atoms with Crippen LogP contribution in [-0.4, -0.2) is 27.5 Å². The Balaban J connectivity index is 2.44. The lowest BCUT2D eigenvalue weighted by molar-refractivity contribution is 0.103. The van der Waals surface area contributed by atoms with Crippen LogP contribution in [0.4, 0.5) is 0 Å². The molecule has 0 aromatic carbocycles. The maximum Gasteiger partial charge on any atom is 0.228 e. The molecule has 0 saturated heterocycles. The van der Waals surface area contributed by atoms with Gasteiger partial charge in [-0.25, -0.2) is 4.98 Å². The van der Waals surface area contributed by atoms with E-state index in [1.54, 1.807) is 18.3 Å². The quantitative estimate of drug-likeness (QED) is 0.772. The third-order valence-corrected chi connectivity index (χ3v) is 3.07. The van der Waals surface area contributed by atoms with Gasteiger partial charge in [0, 0.05) is 6.20 Å². The Morgan fingerprint density at radius 1 is 1.53 bits per heavy atom. The average Bonchev–Trinajstić information content (AvgIpc) is 2.86. The molecule has 0 unspecified atom stereocenters. The number of ether oxygens (including phenoxy) is 1. The molecular weight excluding hydrogens is 238 g/mol. The van der Waals surface area contributed by atoms with Crippen LogP contribution in [0.3, 0.4) is 0 Å². The normalized spacial score (nSPS) is 10.2. The predicted molar refractivity (Wildman–Crippen MR) is 63.5 cm³/mol. The van der Waals surface area contributed by atoms with E-state index in [-0.39, 0.29) is 5.78 Å². The third kappa shape index (κ3) is 2.16. The van der Waals surface area contributed by atoms with Crippen molar-refractivity contribution in [2.45, 2.75) is 13.3 Å². The van der Waals surface area contributed by atoms with Gasteiger partial charge in [-0.05, 0) is 30.1 Å². The van der Waals surface area contributed by atoms with Gasteiger partial charge >= 0.3 is 0 Å². The molecule has 0 radical (unpaired) electrons. The highest BCUT2D eigenvalue weighted by atomic mass is 32.1. The highest BCUT2D eigenvalue weighted by Crippen LogP contribution is 2.22. The lowest BCUT2D eigenvalue weighted by Gasteiger charge is -2.04.